The van der Waals surface area contributed by atoms with E-state index in [4.69, 9.17) is 14.2 Å². The van der Waals surface area contributed by atoms with Crippen LogP contribution in [0.4, 0.5) is 0 Å². The summed E-state index contributed by atoms with van der Waals surface area (Å²) in [5, 5.41) is 0. The zero-order valence-electron chi connectivity index (χ0n) is 20.0. The molecule has 0 heterocycles. The third-order valence-electron chi connectivity index (χ3n) is 5.32. The number of benzene rings is 3. The average Bonchev–Trinajstić information content (AvgIpc) is 2.89. The molecule has 0 spiro atoms. The van der Waals surface area contributed by atoms with E-state index in [1.165, 1.54) is 5.56 Å². The number of carbonyl (C=O) groups excluding carboxylic acids is 2. The third-order valence-corrected chi connectivity index (χ3v) is 5.32. The van der Waals surface area contributed by atoms with E-state index in [0.29, 0.717) is 30.1 Å². The van der Waals surface area contributed by atoms with E-state index in [2.05, 4.69) is 44.3 Å². The van der Waals surface area contributed by atoms with Gasteiger partial charge in [0.15, 0.2) is 0 Å². The maximum atomic E-state index is 12.6. The van der Waals surface area contributed by atoms with Crippen molar-refractivity contribution in [2.24, 2.45) is 0 Å². The van der Waals surface area contributed by atoms with Crippen LogP contribution < -0.4 is 9.47 Å². The van der Waals surface area contributed by atoms with E-state index in [1.807, 2.05) is 12.1 Å². The lowest BCUT2D eigenvalue weighted by atomic mass is 9.97. The quantitative estimate of drug-likeness (QED) is 0.128. The molecule has 3 rings (SSSR count). The summed E-state index contributed by atoms with van der Waals surface area (Å²) >= 11 is 0. The molecule has 0 fully saturated rings. The molecule has 5 heteroatoms. The van der Waals surface area contributed by atoms with E-state index in [1.54, 1.807) is 36.4 Å². The third kappa shape index (κ3) is 7.44. The van der Waals surface area contributed by atoms with Gasteiger partial charge in [-0.1, -0.05) is 62.9 Å². The van der Waals surface area contributed by atoms with Gasteiger partial charge in [-0.25, -0.2) is 9.59 Å². The van der Waals surface area contributed by atoms with Gasteiger partial charge < -0.3 is 14.2 Å². The number of carbonyl (C=O) groups is 2. The van der Waals surface area contributed by atoms with E-state index < -0.39 is 11.9 Å². The van der Waals surface area contributed by atoms with Crippen LogP contribution in [0.1, 0.15) is 41.3 Å². The molecule has 0 aromatic heterocycles. The first-order chi connectivity index (χ1) is 17.0. The van der Waals surface area contributed by atoms with Gasteiger partial charge in [-0.05, 0) is 65.1 Å². The predicted molar refractivity (Wildman–Crippen MR) is 139 cm³/mol. The van der Waals surface area contributed by atoms with Gasteiger partial charge in [0.05, 0.1) is 18.8 Å². The van der Waals surface area contributed by atoms with Crippen LogP contribution in [0.25, 0.3) is 17.2 Å². The van der Waals surface area contributed by atoms with Gasteiger partial charge in [0.1, 0.15) is 11.5 Å². The molecule has 0 saturated heterocycles. The van der Waals surface area contributed by atoms with Crippen LogP contribution >= 0.6 is 0 Å². The molecule has 0 aliphatic heterocycles. The lowest BCUT2D eigenvalue weighted by Crippen LogP contribution is -2.09. The Bertz CT molecular complexity index is 1160. The van der Waals surface area contributed by atoms with Crippen LogP contribution in [0.15, 0.2) is 86.0 Å². The summed E-state index contributed by atoms with van der Waals surface area (Å²) in [5.74, 6) is 0.147. The first-order valence-corrected chi connectivity index (χ1v) is 11.6. The van der Waals surface area contributed by atoms with Gasteiger partial charge in [0, 0.05) is 12.5 Å². The molecule has 0 bridgehead atoms. The number of hydrogen-bond donors (Lipinski definition) is 0. The monoisotopic (exact) mass is 470 g/mol. The van der Waals surface area contributed by atoms with E-state index >= 15 is 0 Å². The van der Waals surface area contributed by atoms with Crippen molar-refractivity contribution >= 4 is 18.0 Å². The molecule has 0 unspecified atom stereocenters. The Morgan fingerprint density at radius 2 is 1.60 bits per heavy atom. The van der Waals surface area contributed by atoms with Crippen molar-refractivity contribution in [2.45, 2.75) is 26.2 Å². The summed E-state index contributed by atoms with van der Waals surface area (Å²) in [6.07, 6.45) is 5.61. The minimum Gasteiger partial charge on any atom is -0.493 e. The summed E-state index contributed by atoms with van der Waals surface area (Å²) in [4.78, 5) is 23.6. The second kappa shape index (κ2) is 12.9. The molecule has 0 saturated carbocycles. The highest BCUT2D eigenvalue weighted by atomic mass is 16.5. The van der Waals surface area contributed by atoms with Gasteiger partial charge in [0.25, 0.3) is 0 Å². The lowest BCUT2D eigenvalue weighted by molar-refractivity contribution is -0.137. The summed E-state index contributed by atoms with van der Waals surface area (Å²) in [7, 11) is 0. The van der Waals surface area contributed by atoms with Crippen LogP contribution in [-0.2, 0) is 16.0 Å². The molecule has 0 radical (unpaired) electrons. The topological polar surface area (TPSA) is 61.8 Å². The highest BCUT2D eigenvalue weighted by Gasteiger charge is 2.11. The van der Waals surface area contributed by atoms with E-state index in [0.717, 1.165) is 35.6 Å². The fraction of sp³-hybridized carbons (Fsp3) is 0.200. The fourth-order valence-electron chi connectivity index (χ4n) is 3.51. The van der Waals surface area contributed by atoms with Gasteiger partial charge in [-0.3, -0.25) is 0 Å². The SMILES string of the molecule is C=CC(=O)OCCCOc1ccc(C(=O)Oc2ccc(-c3ccc(CCC)cc3)c(C=C)c2)cc1. The largest absolute Gasteiger partial charge is 0.493 e. The second-order valence-corrected chi connectivity index (χ2v) is 7.89. The van der Waals surface area contributed by atoms with Crippen molar-refractivity contribution < 1.29 is 23.8 Å². The Balaban J connectivity index is 1.58. The van der Waals surface area contributed by atoms with Crippen LogP contribution in [0.3, 0.4) is 0 Å². The Hall–Kier alpha value is -4.12. The minimum atomic E-state index is -0.459. The molecule has 35 heavy (non-hydrogen) atoms. The van der Waals surface area contributed by atoms with E-state index in [-0.39, 0.29) is 6.61 Å². The van der Waals surface area contributed by atoms with Crippen molar-refractivity contribution in [1.29, 1.82) is 0 Å². The maximum absolute atomic E-state index is 12.6. The summed E-state index contributed by atoms with van der Waals surface area (Å²) in [6.45, 7) is 10.1. The molecule has 3 aromatic rings. The zero-order valence-corrected chi connectivity index (χ0v) is 20.0. The Labute approximate surface area is 206 Å². The van der Waals surface area contributed by atoms with Crippen molar-refractivity contribution in [3.8, 4) is 22.6 Å². The Kier molecular flexibility index (Phi) is 9.43. The average molecular weight is 471 g/mol. The first-order valence-electron chi connectivity index (χ1n) is 11.6. The van der Waals surface area contributed by atoms with Gasteiger partial charge in [0.2, 0.25) is 0 Å². The minimum absolute atomic E-state index is 0.255. The molecule has 5 nitrogen and oxygen atoms in total. The summed E-state index contributed by atoms with van der Waals surface area (Å²) < 4.78 is 16.1. The van der Waals surface area contributed by atoms with Gasteiger partial charge in [-0.15, -0.1) is 0 Å². The molecule has 0 atom stereocenters. The molecular weight excluding hydrogens is 440 g/mol. The van der Waals surface area contributed by atoms with Crippen molar-refractivity contribution in [3.05, 3.63) is 103 Å². The van der Waals surface area contributed by atoms with Crippen LogP contribution in [0.2, 0.25) is 0 Å². The predicted octanol–water partition coefficient (Wildman–Crippen LogP) is 6.67. The second-order valence-electron chi connectivity index (χ2n) is 7.89. The Morgan fingerprint density at radius 3 is 2.26 bits per heavy atom. The zero-order chi connectivity index (χ0) is 25.0. The highest BCUT2D eigenvalue weighted by molar-refractivity contribution is 5.91. The molecule has 3 aromatic carbocycles. The molecule has 0 aliphatic rings. The standard InChI is InChI=1S/C30H30O5/c1-4-8-22-9-11-24(12-10-22)28-18-17-27(21-23(28)5-2)35-30(32)25-13-15-26(16-14-25)33-19-7-20-34-29(31)6-3/h5-6,9-18,21H,2-4,7-8,19-20H2,1H3. The van der Waals surface area contributed by atoms with Crippen LogP contribution in [0, 0.1) is 0 Å². The number of aryl methyl sites for hydroxylation is 1. The number of esters is 2. The molecule has 0 N–H and O–H groups in total. The van der Waals surface area contributed by atoms with Crippen molar-refractivity contribution in [1.82, 2.24) is 0 Å². The highest BCUT2D eigenvalue weighted by Crippen LogP contribution is 2.29. The van der Waals surface area contributed by atoms with Crippen LogP contribution in [-0.4, -0.2) is 25.2 Å². The number of rotatable bonds is 12. The van der Waals surface area contributed by atoms with Crippen molar-refractivity contribution in [3.63, 3.8) is 0 Å². The number of hydrogen-bond acceptors (Lipinski definition) is 5. The Morgan fingerprint density at radius 1 is 0.886 bits per heavy atom. The molecule has 0 aliphatic carbocycles. The fourth-order valence-corrected chi connectivity index (χ4v) is 3.51. The maximum Gasteiger partial charge on any atom is 0.343 e. The smallest absolute Gasteiger partial charge is 0.343 e. The number of ether oxygens (including phenoxy) is 3. The summed E-state index contributed by atoms with van der Waals surface area (Å²) in [6, 6.07) is 20.7. The lowest BCUT2D eigenvalue weighted by Gasteiger charge is -2.11. The molecular formula is C30H30O5. The first kappa shape index (κ1) is 25.5. The molecule has 0 amide bonds. The summed E-state index contributed by atoms with van der Waals surface area (Å²) in [5.41, 5.74) is 4.73. The van der Waals surface area contributed by atoms with Gasteiger partial charge in [-0.2, -0.15) is 0 Å². The van der Waals surface area contributed by atoms with Crippen molar-refractivity contribution in [2.75, 3.05) is 13.2 Å². The molecule has 180 valence electrons. The van der Waals surface area contributed by atoms with Gasteiger partial charge >= 0.3 is 11.9 Å². The van der Waals surface area contributed by atoms with E-state index in [9.17, 15) is 9.59 Å². The van der Waals surface area contributed by atoms with Crippen LogP contribution in [0.5, 0.6) is 11.5 Å². The normalized spacial score (nSPS) is 10.3.